The maximum atomic E-state index is 3.87. The van der Waals surface area contributed by atoms with Crippen LogP contribution in [0, 0.1) is 5.92 Å². The predicted molar refractivity (Wildman–Crippen MR) is 72.8 cm³/mol. The van der Waals surface area contributed by atoms with Gasteiger partial charge in [0.15, 0.2) is 0 Å². The van der Waals surface area contributed by atoms with E-state index in [1.54, 1.807) is 0 Å². The van der Waals surface area contributed by atoms with Crippen molar-refractivity contribution >= 4 is 0 Å². The van der Waals surface area contributed by atoms with Crippen molar-refractivity contribution in [1.29, 1.82) is 0 Å². The number of rotatable bonds is 6. The smallest absolute Gasteiger partial charge is 0.00951 e. The second-order valence-corrected chi connectivity index (χ2v) is 5.79. The summed E-state index contributed by atoms with van der Waals surface area (Å²) in [5.41, 5.74) is 0. The lowest BCUT2D eigenvalue weighted by Crippen LogP contribution is -2.40. The van der Waals surface area contributed by atoms with Crippen LogP contribution in [0.2, 0.25) is 0 Å². The van der Waals surface area contributed by atoms with Crippen LogP contribution < -0.4 is 5.32 Å². The maximum Gasteiger partial charge on any atom is 0.00951 e. The maximum absolute atomic E-state index is 3.87. The van der Waals surface area contributed by atoms with Crippen molar-refractivity contribution in [3.05, 3.63) is 0 Å². The van der Waals surface area contributed by atoms with Gasteiger partial charge < -0.3 is 5.32 Å². The normalized spacial score (nSPS) is 28.7. The molecule has 16 heavy (non-hydrogen) atoms. The first kappa shape index (κ1) is 14.0. The minimum absolute atomic E-state index is 0.720. The standard InChI is InChI=1S/C15H31N/c1-4-5-7-11-14(3)16-15-12-9-6-8-10-13(15)2/h13-16H,4-12H2,1-3H3. The second kappa shape index (κ2) is 8.11. The van der Waals surface area contributed by atoms with Crippen molar-refractivity contribution in [1.82, 2.24) is 5.32 Å². The van der Waals surface area contributed by atoms with Crippen molar-refractivity contribution in [3.63, 3.8) is 0 Å². The van der Waals surface area contributed by atoms with E-state index in [1.165, 1.54) is 57.8 Å². The highest BCUT2D eigenvalue weighted by Gasteiger charge is 2.20. The highest BCUT2D eigenvalue weighted by atomic mass is 14.9. The average molecular weight is 225 g/mol. The van der Waals surface area contributed by atoms with E-state index in [-0.39, 0.29) is 0 Å². The summed E-state index contributed by atoms with van der Waals surface area (Å²) in [6.45, 7) is 7.08. The molecule has 1 N–H and O–H groups in total. The molecule has 0 heterocycles. The summed E-state index contributed by atoms with van der Waals surface area (Å²) in [5.74, 6) is 0.885. The van der Waals surface area contributed by atoms with Crippen LogP contribution in [0.25, 0.3) is 0 Å². The molecule has 1 heteroatoms. The van der Waals surface area contributed by atoms with Gasteiger partial charge in [0, 0.05) is 12.1 Å². The summed E-state index contributed by atoms with van der Waals surface area (Å²) in [5, 5.41) is 3.87. The fourth-order valence-electron chi connectivity index (χ4n) is 2.89. The van der Waals surface area contributed by atoms with Crippen LogP contribution >= 0.6 is 0 Å². The molecular weight excluding hydrogens is 194 g/mol. The Hall–Kier alpha value is -0.0400. The van der Waals surface area contributed by atoms with E-state index in [0.717, 1.165) is 18.0 Å². The molecule has 1 saturated carbocycles. The lowest BCUT2D eigenvalue weighted by atomic mass is 9.95. The Balaban J connectivity index is 2.22. The molecule has 1 aliphatic carbocycles. The Bertz CT molecular complexity index is 167. The molecule has 0 bridgehead atoms. The highest BCUT2D eigenvalue weighted by Crippen LogP contribution is 2.23. The summed E-state index contributed by atoms with van der Waals surface area (Å²) in [4.78, 5) is 0. The van der Waals surface area contributed by atoms with E-state index in [4.69, 9.17) is 0 Å². The van der Waals surface area contributed by atoms with Crippen molar-refractivity contribution < 1.29 is 0 Å². The molecule has 3 unspecified atom stereocenters. The average Bonchev–Trinajstić information content (AvgIpc) is 2.45. The Morgan fingerprint density at radius 1 is 1.12 bits per heavy atom. The van der Waals surface area contributed by atoms with Gasteiger partial charge >= 0.3 is 0 Å². The molecule has 0 aromatic rings. The van der Waals surface area contributed by atoms with Gasteiger partial charge in [0.1, 0.15) is 0 Å². The highest BCUT2D eigenvalue weighted by molar-refractivity contribution is 4.79. The summed E-state index contributed by atoms with van der Waals surface area (Å²) in [7, 11) is 0. The van der Waals surface area contributed by atoms with Gasteiger partial charge in [-0.25, -0.2) is 0 Å². The molecule has 0 aromatic carbocycles. The lowest BCUT2D eigenvalue weighted by Gasteiger charge is -2.27. The Morgan fingerprint density at radius 2 is 1.88 bits per heavy atom. The number of unbranched alkanes of at least 4 members (excludes halogenated alkanes) is 2. The number of hydrogen-bond donors (Lipinski definition) is 1. The molecule has 96 valence electrons. The van der Waals surface area contributed by atoms with Crippen molar-refractivity contribution in [3.8, 4) is 0 Å². The van der Waals surface area contributed by atoms with Gasteiger partial charge in [-0.05, 0) is 32.1 Å². The Morgan fingerprint density at radius 3 is 2.62 bits per heavy atom. The van der Waals surface area contributed by atoms with Gasteiger partial charge in [0.25, 0.3) is 0 Å². The molecule has 0 saturated heterocycles. The van der Waals surface area contributed by atoms with Crippen molar-refractivity contribution in [2.24, 2.45) is 5.92 Å². The van der Waals surface area contributed by atoms with E-state index < -0.39 is 0 Å². The Labute approximate surface area is 102 Å². The molecule has 1 fully saturated rings. The molecular formula is C15H31N. The molecule has 1 nitrogen and oxygen atoms in total. The third kappa shape index (κ3) is 5.34. The van der Waals surface area contributed by atoms with Crippen LogP contribution in [0.3, 0.4) is 0 Å². The van der Waals surface area contributed by atoms with Gasteiger partial charge in [0.05, 0.1) is 0 Å². The van der Waals surface area contributed by atoms with Crippen LogP contribution in [0.1, 0.15) is 78.6 Å². The molecule has 0 radical (unpaired) electrons. The minimum Gasteiger partial charge on any atom is -0.311 e. The molecule has 0 aromatic heterocycles. The predicted octanol–water partition coefficient (Wildman–Crippen LogP) is 4.51. The SMILES string of the molecule is CCCCCC(C)NC1CCCCCC1C. The second-order valence-electron chi connectivity index (χ2n) is 5.79. The van der Waals surface area contributed by atoms with E-state index in [1.807, 2.05) is 0 Å². The van der Waals surface area contributed by atoms with Crippen molar-refractivity contribution in [2.75, 3.05) is 0 Å². The summed E-state index contributed by atoms with van der Waals surface area (Å²) >= 11 is 0. The minimum atomic E-state index is 0.720. The van der Waals surface area contributed by atoms with E-state index in [0.29, 0.717) is 0 Å². The Kier molecular flexibility index (Phi) is 7.11. The summed E-state index contributed by atoms with van der Waals surface area (Å²) in [6, 6.07) is 1.51. The van der Waals surface area contributed by atoms with Crippen LogP contribution in [-0.2, 0) is 0 Å². The lowest BCUT2D eigenvalue weighted by molar-refractivity contribution is 0.317. The third-order valence-electron chi connectivity index (χ3n) is 4.10. The fourth-order valence-corrected chi connectivity index (χ4v) is 2.89. The molecule has 3 atom stereocenters. The number of hydrogen-bond acceptors (Lipinski definition) is 1. The molecule has 1 rings (SSSR count). The number of nitrogens with one attached hydrogen (secondary N) is 1. The van der Waals surface area contributed by atoms with Gasteiger partial charge in [0.2, 0.25) is 0 Å². The van der Waals surface area contributed by atoms with E-state index in [2.05, 4.69) is 26.1 Å². The monoisotopic (exact) mass is 225 g/mol. The van der Waals surface area contributed by atoms with E-state index >= 15 is 0 Å². The topological polar surface area (TPSA) is 12.0 Å². The van der Waals surface area contributed by atoms with Gasteiger partial charge in [-0.1, -0.05) is 52.4 Å². The molecule has 0 spiro atoms. The first-order valence-corrected chi connectivity index (χ1v) is 7.50. The van der Waals surface area contributed by atoms with Gasteiger partial charge in [-0.3, -0.25) is 0 Å². The van der Waals surface area contributed by atoms with Crippen molar-refractivity contribution in [2.45, 2.75) is 90.6 Å². The van der Waals surface area contributed by atoms with Crippen LogP contribution in [0.4, 0.5) is 0 Å². The van der Waals surface area contributed by atoms with Crippen LogP contribution in [0.5, 0.6) is 0 Å². The summed E-state index contributed by atoms with van der Waals surface area (Å²) in [6.07, 6.45) is 12.7. The third-order valence-corrected chi connectivity index (χ3v) is 4.10. The van der Waals surface area contributed by atoms with E-state index in [9.17, 15) is 0 Å². The van der Waals surface area contributed by atoms with Crippen LogP contribution in [0.15, 0.2) is 0 Å². The fraction of sp³-hybridized carbons (Fsp3) is 1.00. The molecule has 0 aliphatic heterocycles. The van der Waals surface area contributed by atoms with Crippen LogP contribution in [-0.4, -0.2) is 12.1 Å². The first-order chi connectivity index (χ1) is 7.74. The first-order valence-electron chi connectivity index (χ1n) is 7.50. The summed E-state index contributed by atoms with van der Waals surface area (Å²) < 4.78 is 0. The molecule has 0 amide bonds. The zero-order valence-corrected chi connectivity index (χ0v) is 11.6. The zero-order valence-electron chi connectivity index (χ0n) is 11.6. The molecule has 1 aliphatic rings. The quantitative estimate of drug-likeness (QED) is 0.518. The van der Waals surface area contributed by atoms with Gasteiger partial charge in [-0.2, -0.15) is 0 Å². The van der Waals surface area contributed by atoms with Gasteiger partial charge in [-0.15, -0.1) is 0 Å². The zero-order chi connectivity index (χ0) is 11.8. The largest absolute Gasteiger partial charge is 0.311 e.